The number of carbonyl (C=O) groups is 1. The van der Waals surface area contributed by atoms with Gasteiger partial charge in [-0.2, -0.15) is 9.66 Å². The van der Waals surface area contributed by atoms with Crippen LogP contribution >= 0.6 is 0 Å². The van der Waals surface area contributed by atoms with Crippen LogP contribution in [0.25, 0.3) is 22.2 Å². The van der Waals surface area contributed by atoms with Crippen molar-refractivity contribution in [2.24, 2.45) is 11.8 Å². The summed E-state index contributed by atoms with van der Waals surface area (Å²) in [4.78, 5) is 35.8. The van der Waals surface area contributed by atoms with E-state index in [9.17, 15) is 9.59 Å². The summed E-state index contributed by atoms with van der Waals surface area (Å²) in [6, 6.07) is 9.37. The molecule has 1 aliphatic carbocycles. The molecule has 2 fully saturated rings. The predicted octanol–water partition coefficient (Wildman–Crippen LogP) is 3.72. The van der Waals surface area contributed by atoms with Crippen LogP contribution in [0.1, 0.15) is 45.6 Å². The highest BCUT2D eigenvalue weighted by atomic mass is 16.2. The number of fused-ring (bicyclic) bond motifs is 2. The van der Waals surface area contributed by atoms with Gasteiger partial charge < -0.3 is 0 Å². The normalized spacial score (nSPS) is 20.1. The number of nitrogens with one attached hydrogen (secondary N) is 1. The molecule has 1 N–H and O–H groups in total. The summed E-state index contributed by atoms with van der Waals surface area (Å²) in [6.45, 7) is 9.20. The first-order valence-electron chi connectivity index (χ1n) is 12.1. The molecule has 1 amide bonds. The highest BCUT2D eigenvalue weighted by molar-refractivity contribution is 5.88. The van der Waals surface area contributed by atoms with Crippen LogP contribution in [0.3, 0.4) is 0 Å². The summed E-state index contributed by atoms with van der Waals surface area (Å²) in [5, 5.41) is 4.36. The molecule has 2 aromatic heterocycles. The van der Waals surface area contributed by atoms with Crippen molar-refractivity contribution in [3.8, 4) is 11.1 Å². The Hall–Kier alpha value is -3.26. The number of rotatable bonds is 5. The van der Waals surface area contributed by atoms with Crippen molar-refractivity contribution in [3.63, 3.8) is 0 Å². The van der Waals surface area contributed by atoms with Crippen LogP contribution in [-0.4, -0.2) is 44.7 Å². The van der Waals surface area contributed by atoms with E-state index in [4.69, 9.17) is 4.98 Å². The van der Waals surface area contributed by atoms with Crippen LogP contribution in [0.2, 0.25) is 0 Å². The number of amides is 1. The second kappa shape index (κ2) is 8.83. The molecule has 1 aliphatic heterocycles. The summed E-state index contributed by atoms with van der Waals surface area (Å²) in [6.07, 6.45) is 5.62. The average Bonchev–Trinajstić information content (AvgIpc) is 3.37. The van der Waals surface area contributed by atoms with Crippen LogP contribution in [0.5, 0.6) is 0 Å². The van der Waals surface area contributed by atoms with Gasteiger partial charge in [0.2, 0.25) is 11.9 Å². The van der Waals surface area contributed by atoms with Gasteiger partial charge in [0.1, 0.15) is 0 Å². The van der Waals surface area contributed by atoms with Crippen LogP contribution in [0.4, 0.5) is 5.95 Å². The fraction of sp³-hybridized carbons (Fsp3) is 0.462. The number of hydrogen-bond acceptors (Lipinski definition) is 6. The molecule has 3 aromatic rings. The third kappa shape index (κ3) is 3.96. The molecule has 2 atom stereocenters. The number of nitrogens with zero attached hydrogens (tertiary/aromatic N) is 5. The molecule has 0 radical (unpaired) electrons. The second-order valence-corrected chi connectivity index (χ2v) is 9.89. The summed E-state index contributed by atoms with van der Waals surface area (Å²) in [5.41, 5.74) is 5.85. The molecule has 8 heteroatoms. The van der Waals surface area contributed by atoms with Crippen LogP contribution in [0, 0.1) is 18.8 Å². The lowest BCUT2D eigenvalue weighted by Crippen LogP contribution is -2.50. The Morgan fingerprint density at radius 1 is 1.15 bits per heavy atom. The zero-order chi connectivity index (χ0) is 24.0. The Balaban J connectivity index is 1.63. The number of anilines is 1. The van der Waals surface area contributed by atoms with E-state index in [1.54, 1.807) is 6.20 Å². The van der Waals surface area contributed by atoms with Crippen molar-refractivity contribution in [1.29, 1.82) is 0 Å². The van der Waals surface area contributed by atoms with E-state index in [1.165, 1.54) is 35.9 Å². The Labute approximate surface area is 199 Å². The standard InChI is InChI=1S/C26H32N6O2/c1-16(2)31(18(4)33)32-24-21(12-23(25(32)34)22-11-6-5-8-17(22)3)13-27-26(28-24)29-30-14-19-9-7-10-20(19)15-30/h5-6,8,11-13,16,19-20H,7,9-10,14-15H2,1-4H3,(H,27,28,29). The van der Waals surface area contributed by atoms with E-state index in [-0.39, 0.29) is 17.5 Å². The molecule has 1 aromatic carbocycles. The summed E-state index contributed by atoms with van der Waals surface area (Å²) in [5.74, 6) is 1.69. The van der Waals surface area contributed by atoms with Crippen molar-refractivity contribution in [2.75, 3.05) is 23.5 Å². The Morgan fingerprint density at radius 2 is 1.85 bits per heavy atom. The minimum Gasteiger partial charge on any atom is -0.287 e. The van der Waals surface area contributed by atoms with Gasteiger partial charge in [0.05, 0.1) is 5.56 Å². The molecule has 34 heavy (non-hydrogen) atoms. The first-order valence-corrected chi connectivity index (χ1v) is 12.1. The smallest absolute Gasteiger partial charge is 0.279 e. The van der Waals surface area contributed by atoms with Gasteiger partial charge in [-0.1, -0.05) is 30.7 Å². The van der Waals surface area contributed by atoms with E-state index in [1.807, 2.05) is 51.1 Å². The highest BCUT2D eigenvalue weighted by Gasteiger charge is 2.36. The van der Waals surface area contributed by atoms with Crippen molar-refractivity contribution in [2.45, 2.75) is 53.0 Å². The maximum absolute atomic E-state index is 13.9. The number of hydrazine groups is 1. The number of carbonyl (C=O) groups excluding carboxylic acids is 1. The molecule has 8 nitrogen and oxygen atoms in total. The molecular formula is C26H32N6O2. The highest BCUT2D eigenvalue weighted by Crippen LogP contribution is 2.37. The first-order chi connectivity index (χ1) is 16.3. The number of aromatic nitrogens is 3. The number of pyridine rings is 1. The topological polar surface area (TPSA) is 83.4 Å². The van der Waals surface area contributed by atoms with Gasteiger partial charge >= 0.3 is 0 Å². The lowest BCUT2D eigenvalue weighted by Gasteiger charge is -2.28. The van der Waals surface area contributed by atoms with Gasteiger partial charge in [0.15, 0.2) is 5.65 Å². The molecular weight excluding hydrogens is 428 g/mol. The molecule has 0 spiro atoms. The Bertz CT molecular complexity index is 1290. The number of hydrogen-bond donors (Lipinski definition) is 1. The summed E-state index contributed by atoms with van der Waals surface area (Å²) < 4.78 is 1.43. The summed E-state index contributed by atoms with van der Waals surface area (Å²) in [7, 11) is 0. The van der Waals surface area contributed by atoms with Gasteiger partial charge in [0.25, 0.3) is 5.56 Å². The maximum atomic E-state index is 13.9. The summed E-state index contributed by atoms with van der Waals surface area (Å²) >= 11 is 0. The SMILES string of the molecule is CC(=O)N(C(C)C)n1c(=O)c(-c2ccccc2C)cc2cnc(NN3CC4CCCC4C3)nc21. The molecule has 178 valence electrons. The average molecular weight is 461 g/mol. The molecule has 2 unspecified atom stereocenters. The minimum absolute atomic E-state index is 0.221. The fourth-order valence-electron chi connectivity index (χ4n) is 5.61. The maximum Gasteiger partial charge on any atom is 0.279 e. The van der Waals surface area contributed by atoms with Gasteiger partial charge in [0, 0.05) is 37.6 Å². The molecule has 1 saturated carbocycles. The van der Waals surface area contributed by atoms with Gasteiger partial charge in [-0.15, -0.1) is 0 Å². The van der Waals surface area contributed by atoms with E-state index >= 15 is 0 Å². The third-order valence-electron chi connectivity index (χ3n) is 7.17. The largest absolute Gasteiger partial charge is 0.287 e. The first kappa shape index (κ1) is 22.5. The lowest BCUT2D eigenvalue weighted by molar-refractivity contribution is -0.118. The number of aryl methyl sites for hydroxylation is 1. The quantitative estimate of drug-likeness (QED) is 0.625. The minimum atomic E-state index is -0.272. The predicted molar refractivity (Wildman–Crippen MR) is 134 cm³/mol. The van der Waals surface area contributed by atoms with E-state index < -0.39 is 0 Å². The van der Waals surface area contributed by atoms with Gasteiger partial charge in [-0.25, -0.2) is 15.0 Å². The van der Waals surface area contributed by atoms with Crippen molar-refractivity contribution >= 4 is 22.9 Å². The van der Waals surface area contributed by atoms with Gasteiger partial charge in [-0.3, -0.25) is 15.0 Å². The fourth-order valence-corrected chi connectivity index (χ4v) is 5.61. The van der Waals surface area contributed by atoms with E-state index in [0.717, 1.165) is 36.1 Å². The molecule has 5 rings (SSSR count). The van der Waals surface area contributed by atoms with Crippen molar-refractivity contribution < 1.29 is 4.79 Å². The zero-order valence-corrected chi connectivity index (χ0v) is 20.3. The monoisotopic (exact) mass is 460 g/mol. The number of benzene rings is 1. The lowest BCUT2D eigenvalue weighted by atomic mass is 10.0. The Kier molecular flexibility index (Phi) is 5.85. The zero-order valence-electron chi connectivity index (χ0n) is 20.3. The van der Waals surface area contributed by atoms with Gasteiger partial charge in [-0.05, 0) is 62.6 Å². The second-order valence-electron chi connectivity index (χ2n) is 9.89. The third-order valence-corrected chi connectivity index (χ3v) is 7.17. The van der Waals surface area contributed by atoms with Crippen molar-refractivity contribution in [1.82, 2.24) is 19.7 Å². The molecule has 2 aliphatic rings. The van der Waals surface area contributed by atoms with Crippen LogP contribution in [0.15, 0.2) is 41.3 Å². The molecule has 1 saturated heterocycles. The van der Waals surface area contributed by atoms with Crippen LogP contribution in [-0.2, 0) is 4.79 Å². The Morgan fingerprint density at radius 3 is 2.50 bits per heavy atom. The van der Waals surface area contributed by atoms with E-state index in [0.29, 0.717) is 22.5 Å². The molecule has 0 bridgehead atoms. The van der Waals surface area contributed by atoms with Crippen LogP contribution < -0.4 is 16.0 Å². The van der Waals surface area contributed by atoms with Crippen molar-refractivity contribution in [3.05, 3.63) is 52.4 Å². The molecule has 3 heterocycles. The van der Waals surface area contributed by atoms with E-state index in [2.05, 4.69) is 15.4 Å².